The molecule has 0 spiro atoms. The van der Waals surface area contributed by atoms with Gasteiger partial charge in [-0.2, -0.15) is 0 Å². The van der Waals surface area contributed by atoms with Crippen LogP contribution >= 0.6 is 0 Å². The minimum atomic E-state index is -0.178. The third-order valence-corrected chi connectivity index (χ3v) is 5.70. The normalized spacial score (nSPS) is 15.7. The monoisotopic (exact) mass is 403 g/mol. The molecule has 0 saturated heterocycles. The van der Waals surface area contributed by atoms with Crippen LogP contribution in [-0.2, 0) is 19.5 Å². The molecule has 1 aliphatic rings. The van der Waals surface area contributed by atoms with Gasteiger partial charge in [0.2, 0.25) is 0 Å². The van der Waals surface area contributed by atoms with E-state index in [4.69, 9.17) is 4.74 Å². The van der Waals surface area contributed by atoms with Crippen molar-refractivity contribution in [2.24, 2.45) is 0 Å². The number of aryl methyl sites for hydroxylation is 1. The van der Waals surface area contributed by atoms with E-state index < -0.39 is 0 Å². The van der Waals surface area contributed by atoms with Crippen molar-refractivity contribution >= 4 is 0 Å². The molecule has 0 aromatic heterocycles. The fraction of sp³-hybridized carbons (Fsp3) is 0.333. The Balaban J connectivity index is 1.57. The first-order valence-corrected chi connectivity index (χ1v) is 10.9. The van der Waals surface area contributed by atoms with E-state index in [0.717, 1.165) is 63.2 Å². The maximum Gasteiger partial charge on any atom is 0.123 e. The van der Waals surface area contributed by atoms with Gasteiger partial charge in [-0.1, -0.05) is 54.1 Å². The van der Waals surface area contributed by atoms with Crippen LogP contribution in [0.2, 0.25) is 0 Å². The lowest BCUT2D eigenvalue weighted by Gasteiger charge is -2.23. The summed E-state index contributed by atoms with van der Waals surface area (Å²) >= 11 is 0. The predicted molar refractivity (Wildman–Crippen MR) is 120 cm³/mol. The minimum absolute atomic E-state index is 0.178. The van der Waals surface area contributed by atoms with Gasteiger partial charge in [0.05, 0.1) is 6.61 Å². The zero-order chi connectivity index (χ0) is 20.8. The van der Waals surface area contributed by atoms with E-state index in [1.165, 1.54) is 22.3 Å². The van der Waals surface area contributed by atoms with Crippen LogP contribution < -0.4 is 4.74 Å². The van der Waals surface area contributed by atoms with Crippen molar-refractivity contribution in [3.05, 3.63) is 100 Å². The smallest absolute Gasteiger partial charge is 0.123 e. The molecule has 2 nitrogen and oxygen atoms in total. The summed E-state index contributed by atoms with van der Waals surface area (Å²) in [5, 5.41) is 0. The van der Waals surface area contributed by atoms with Gasteiger partial charge in [-0.3, -0.25) is 4.90 Å². The molecule has 0 amide bonds. The Bertz CT molecular complexity index is 967. The first-order chi connectivity index (χ1) is 14.7. The van der Waals surface area contributed by atoms with Gasteiger partial charge >= 0.3 is 0 Å². The molecule has 0 unspecified atom stereocenters. The molecule has 0 radical (unpaired) electrons. The van der Waals surface area contributed by atoms with Crippen molar-refractivity contribution in [1.29, 1.82) is 0 Å². The number of fused-ring (bicyclic) bond motifs is 3. The molecule has 3 heteroatoms. The highest BCUT2D eigenvalue weighted by Gasteiger charge is 2.11. The SMILES string of the molecule is Cc1ccc2c(c1)Cc1cccc(c1)CN(Cc1ccc(F)cc1)CCCCCO2. The number of benzene rings is 3. The summed E-state index contributed by atoms with van der Waals surface area (Å²) in [6, 6.07) is 22.3. The molecule has 156 valence electrons. The third kappa shape index (κ3) is 5.70. The molecule has 1 aliphatic heterocycles. The van der Waals surface area contributed by atoms with Crippen molar-refractivity contribution < 1.29 is 9.13 Å². The van der Waals surface area contributed by atoms with E-state index in [-0.39, 0.29) is 5.82 Å². The highest BCUT2D eigenvalue weighted by Crippen LogP contribution is 2.25. The first-order valence-electron chi connectivity index (χ1n) is 10.9. The lowest BCUT2D eigenvalue weighted by atomic mass is 10.00. The molecule has 0 fully saturated rings. The van der Waals surface area contributed by atoms with Crippen molar-refractivity contribution in [1.82, 2.24) is 4.90 Å². The summed E-state index contributed by atoms with van der Waals surface area (Å²) in [4.78, 5) is 2.47. The number of hydrogen-bond donors (Lipinski definition) is 0. The molecule has 4 rings (SSSR count). The average Bonchev–Trinajstić information content (AvgIpc) is 2.73. The van der Waals surface area contributed by atoms with Gasteiger partial charge in [-0.25, -0.2) is 4.39 Å². The molecule has 0 saturated carbocycles. The Morgan fingerprint density at radius 1 is 0.900 bits per heavy atom. The van der Waals surface area contributed by atoms with E-state index in [2.05, 4.69) is 54.3 Å². The Labute approximate surface area is 179 Å². The van der Waals surface area contributed by atoms with E-state index in [9.17, 15) is 4.39 Å². The van der Waals surface area contributed by atoms with Crippen LogP contribution in [0.4, 0.5) is 4.39 Å². The molecular formula is C27H30FNO. The van der Waals surface area contributed by atoms with Gasteiger partial charge < -0.3 is 4.74 Å². The zero-order valence-electron chi connectivity index (χ0n) is 17.7. The van der Waals surface area contributed by atoms with Crippen molar-refractivity contribution in [2.45, 2.75) is 45.7 Å². The molecule has 0 aliphatic carbocycles. The topological polar surface area (TPSA) is 12.5 Å². The van der Waals surface area contributed by atoms with E-state index in [0.29, 0.717) is 0 Å². The minimum Gasteiger partial charge on any atom is -0.493 e. The highest BCUT2D eigenvalue weighted by atomic mass is 19.1. The number of nitrogens with zero attached hydrogens (tertiary/aromatic N) is 1. The number of ether oxygens (including phenoxy) is 1. The Morgan fingerprint density at radius 2 is 1.73 bits per heavy atom. The largest absolute Gasteiger partial charge is 0.493 e. The van der Waals surface area contributed by atoms with Gasteiger partial charge in [0.1, 0.15) is 11.6 Å². The van der Waals surface area contributed by atoms with Crippen LogP contribution in [0.1, 0.15) is 47.1 Å². The van der Waals surface area contributed by atoms with Gasteiger partial charge in [0.25, 0.3) is 0 Å². The maximum atomic E-state index is 13.3. The van der Waals surface area contributed by atoms with Crippen LogP contribution in [-0.4, -0.2) is 18.1 Å². The van der Waals surface area contributed by atoms with Crippen molar-refractivity contribution in [3.63, 3.8) is 0 Å². The molecule has 30 heavy (non-hydrogen) atoms. The molecule has 3 aromatic carbocycles. The third-order valence-electron chi connectivity index (χ3n) is 5.70. The first kappa shape index (κ1) is 20.6. The molecule has 0 atom stereocenters. The van der Waals surface area contributed by atoms with Crippen LogP contribution in [0.25, 0.3) is 0 Å². The molecular weight excluding hydrogens is 373 g/mol. The molecule has 2 bridgehead atoms. The maximum absolute atomic E-state index is 13.3. The second-order valence-corrected chi connectivity index (χ2v) is 8.35. The lowest BCUT2D eigenvalue weighted by Crippen LogP contribution is -2.24. The fourth-order valence-corrected chi connectivity index (χ4v) is 4.16. The summed E-state index contributed by atoms with van der Waals surface area (Å²) in [5.41, 5.74) is 6.30. The van der Waals surface area contributed by atoms with E-state index >= 15 is 0 Å². The van der Waals surface area contributed by atoms with Gasteiger partial charge in [-0.15, -0.1) is 0 Å². The summed E-state index contributed by atoms with van der Waals surface area (Å²) in [6.07, 6.45) is 4.21. The predicted octanol–water partition coefficient (Wildman–Crippen LogP) is 6.29. The van der Waals surface area contributed by atoms with E-state index in [1.54, 1.807) is 12.1 Å². The average molecular weight is 404 g/mol. The Kier molecular flexibility index (Phi) is 6.81. The van der Waals surface area contributed by atoms with Crippen LogP contribution in [0, 0.1) is 12.7 Å². The summed E-state index contributed by atoms with van der Waals surface area (Å²) in [5.74, 6) is 0.837. The van der Waals surface area contributed by atoms with Gasteiger partial charge in [-0.05, 0) is 73.2 Å². The number of rotatable bonds is 2. The quantitative estimate of drug-likeness (QED) is 0.499. The van der Waals surface area contributed by atoms with Gasteiger partial charge in [0.15, 0.2) is 0 Å². The highest BCUT2D eigenvalue weighted by molar-refractivity contribution is 5.41. The standard InChI is InChI=1S/C27H30FNO/c1-21-8-13-27-25(16-21)18-23-6-5-7-24(17-23)20-29(14-3-2-4-15-30-27)19-22-9-11-26(28)12-10-22/h5-13,16-17H,2-4,14-15,18-20H2,1H3. The fourth-order valence-electron chi connectivity index (χ4n) is 4.16. The molecule has 0 N–H and O–H groups in total. The summed E-state index contributed by atoms with van der Waals surface area (Å²) < 4.78 is 19.4. The van der Waals surface area contributed by atoms with Gasteiger partial charge in [0, 0.05) is 19.5 Å². The van der Waals surface area contributed by atoms with E-state index in [1.807, 2.05) is 12.1 Å². The summed E-state index contributed by atoms with van der Waals surface area (Å²) in [6.45, 7) is 5.66. The van der Waals surface area contributed by atoms with Crippen molar-refractivity contribution in [3.8, 4) is 5.75 Å². The zero-order valence-corrected chi connectivity index (χ0v) is 17.7. The van der Waals surface area contributed by atoms with Crippen LogP contribution in [0.5, 0.6) is 5.75 Å². The Hall–Kier alpha value is -2.65. The number of halogens is 1. The molecule has 3 aromatic rings. The van der Waals surface area contributed by atoms with Crippen molar-refractivity contribution in [2.75, 3.05) is 13.2 Å². The molecule has 1 heterocycles. The van der Waals surface area contributed by atoms with Crippen LogP contribution in [0.3, 0.4) is 0 Å². The second kappa shape index (κ2) is 9.90. The lowest BCUT2D eigenvalue weighted by molar-refractivity contribution is 0.243. The van der Waals surface area contributed by atoms with Crippen LogP contribution in [0.15, 0.2) is 66.7 Å². The number of hydrogen-bond acceptors (Lipinski definition) is 2. The Morgan fingerprint density at radius 3 is 2.60 bits per heavy atom. The second-order valence-electron chi connectivity index (χ2n) is 8.35. The summed E-state index contributed by atoms with van der Waals surface area (Å²) in [7, 11) is 0.